The Hall–Kier alpha value is -1.24. The predicted molar refractivity (Wildman–Crippen MR) is 91.7 cm³/mol. The Balaban J connectivity index is 1.53. The Bertz CT molecular complexity index is 615. The number of aromatic nitrogens is 2. The van der Waals surface area contributed by atoms with Crippen molar-refractivity contribution in [3.63, 3.8) is 0 Å². The van der Waals surface area contributed by atoms with Gasteiger partial charge in [0.2, 0.25) is 0 Å². The summed E-state index contributed by atoms with van der Waals surface area (Å²) in [6.07, 6.45) is 2.38. The van der Waals surface area contributed by atoms with E-state index in [2.05, 4.69) is 31.6 Å². The van der Waals surface area contributed by atoms with Crippen molar-refractivity contribution in [3.8, 4) is 0 Å². The first-order valence-corrected chi connectivity index (χ1v) is 8.81. The maximum absolute atomic E-state index is 5.13. The van der Waals surface area contributed by atoms with E-state index in [0.29, 0.717) is 5.92 Å². The molecule has 1 N–H and O–H groups in total. The minimum absolute atomic E-state index is 0.700. The molecule has 0 radical (unpaired) electrons. The number of nitrogens with one attached hydrogen (secondary N) is 1. The van der Waals surface area contributed by atoms with Gasteiger partial charge in [-0.15, -0.1) is 11.3 Å². The summed E-state index contributed by atoms with van der Waals surface area (Å²) in [6.45, 7) is 7.32. The van der Waals surface area contributed by atoms with Gasteiger partial charge in [0.1, 0.15) is 16.5 Å². The molecular weight excluding hydrogens is 296 g/mol. The van der Waals surface area contributed by atoms with Crippen LogP contribution in [0.1, 0.15) is 18.7 Å². The fraction of sp³-hybridized carbons (Fsp3) is 0.625. The smallest absolute Gasteiger partial charge is 0.138 e. The lowest BCUT2D eigenvalue weighted by Gasteiger charge is -2.16. The summed E-state index contributed by atoms with van der Waals surface area (Å²) < 4.78 is 5.13. The van der Waals surface area contributed by atoms with Gasteiger partial charge in [-0.05, 0) is 43.7 Å². The zero-order valence-corrected chi connectivity index (χ0v) is 14.2. The van der Waals surface area contributed by atoms with Crippen LogP contribution in [-0.4, -0.2) is 54.8 Å². The minimum atomic E-state index is 0.700. The van der Waals surface area contributed by atoms with Crippen LogP contribution >= 0.6 is 11.3 Å². The lowest BCUT2D eigenvalue weighted by atomic mass is 10.1. The van der Waals surface area contributed by atoms with Gasteiger partial charge in [-0.3, -0.25) is 0 Å². The largest absolute Gasteiger partial charge is 0.385 e. The van der Waals surface area contributed by atoms with Gasteiger partial charge in [-0.2, -0.15) is 0 Å². The highest BCUT2D eigenvalue weighted by atomic mass is 32.1. The Morgan fingerprint density at radius 2 is 2.36 bits per heavy atom. The number of anilines is 1. The fourth-order valence-corrected chi connectivity index (χ4v) is 3.86. The van der Waals surface area contributed by atoms with Gasteiger partial charge in [0, 0.05) is 33.4 Å². The van der Waals surface area contributed by atoms with E-state index in [1.807, 2.05) is 6.92 Å². The number of nitrogens with zero attached hydrogens (tertiary/aromatic N) is 3. The molecule has 1 atom stereocenters. The Morgan fingerprint density at radius 3 is 3.23 bits per heavy atom. The van der Waals surface area contributed by atoms with Crippen molar-refractivity contribution in [2.24, 2.45) is 5.92 Å². The molecule has 0 aromatic carbocycles. The first-order chi connectivity index (χ1) is 10.8. The van der Waals surface area contributed by atoms with Gasteiger partial charge in [0.15, 0.2) is 0 Å². The molecule has 0 aliphatic carbocycles. The van der Waals surface area contributed by atoms with E-state index in [1.54, 1.807) is 18.4 Å². The average Bonchev–Trinajstić information content (AvgIpc) is 3.14. The number of likely N-dealkylation sites (tertiary alicyclic amines) is 1. The molecular formula is C16H24N4OS. The van der Waals surface area contributed by atoms with Crippen LogP contribution in [-0.2, 0) is 4.74 Å². The molecule has 5 nitrogen and oxygen atoms in total. The van der Waals surface area contributed by atoms with Crippen LogP contribution in [0.5, 0.6) is 0 Å². The van der Waals surface area contributed by atoms with E-state index in [0.717, 1.165) is 48.0 Å². The molecule has 2 aromatic rings. The normalized spacial score (nSPS) is 19.1. The molecule has 2 aromatic heterocycles. The van der Waals surface area contributed by atoms with Crippen molar-refractivity contribution in [1.29, 1.82) is 0 Å². The molecule has 0 spiro atoms. The summed E-state index contributed by atoms with van der Waals surface area (Å²) in [5.41, 5.74) is 0. The molecule has 1 aliphatic heterocycles. The number of thiophene rings is 1. The Labute approximate surface area is 135 Å². The van der Waals surface area contributed by atoms with Crippen molar-refractivity contribution < 1.29 is 4.74 Å². The summed E-state index contributed by atoms with van der Waals surface area (Å²) >= 11 is 1.67. The highest BCUT2D eigenvalue weighted by molar-refractivity contribution is 7.16. The van der Waals surface area contributed by atoms with Gasteiger partial charge in [-0.1, -0.05) is 0 Å². The number of aryl methyl sites for hydroxylation is 1. The first kappa shape index (κ1) is 15.6. The van der Waals surface area contributed by atoms with Crippen molar-refractivity contribution in [3.05, 3.63) is 17.3 Å². The molecule has 1 fully saturated rings. The third-order valence-corrected chi connectivity index (χ3v) is 4.99. The van der Waals surface area contributed by atoms with Crippen molar-refractivity contribution in [2.75, 3.05) is 45.2 Å². The highest BCUT2D eigenvalue weighted by Gasteiger charge is 2.22. The SMILES string of the molecule is COCCCN1CC[C@@H](CNc2nc(C)nc3sccc23)C1. The molecule has 0 unspecified atom stereocenters. The first-order valence-electron chi connectivity index (χ1n) is 7.93. The summed E-state index contributed by atoms with van der Waals surface area (Å²) in [6, 6.07) is 2.10. The average molecular weight is 320 g/mol. The van der Waals surface area contributed by atoms with Crippen LogP contribution in [0.4, 0.5) is 5.82 Å². The van der Waals surface area contributed by atoms with Crippen molar-refractivity contribution in [2.45, 2.75) is 19.8 Å². The van der Waals surface area contributed by atoms with Gasteiger partial charge < -0.3 is 15.0 Å². The molecule has 6 heteroatoms. The third kappa shape index (κ3) is 3.74. The van der Waals surface area contributed by atoms with E-state index in [1.165, 1.54) is 19.5 Å². The number of rotatable bonds is 7. The lowest BCUT2D eigenvalue weighted by Crippen LogP contribution is -2.24. The molecule has 3 heterocycles. The van der Waals surface area contributed by atoms with Crippen molar-refractivity contribution >= 4 is 27.4 Å². The number of fused-ring (bicyclic) bond motifs is 1. The summed E-state index contributed by atoms with van der Waals surface area (Å²) in [5, 5.41) is 6.77. The van der Waals surface area contributed by atoms with Crippen LogP contribution < -0.4 is 5.32 Å². The number of hydrogen-bond donors (Lipinski definition) is 1. The summed E-state index contributed by atoms with van der Waals surface area (Å²) in [7, 11) is 1.77. The second-order valence-corrected chi connectivity index (χ2v) is 6.84. The Morgan fingerprint density at radius 1 is 1.45 bits per heavy atom. The van der Waals surface area contributed by atoms with E-state index in [9.17, 15) is 0 Å². The maximum Gasteiger partial charge on any atom is 0.138 e. The monoisotopic (exact) mass is 320 g/mol. The zero-order chi connectivity index (χ0) is 15.4. The molecule has 1 saturated heterocycles. The van der Waals surface area contributed by atoms with Gasteiger partial charge in [0.05, 0.1) is 5.39 Å². The molecule has 1 aliphatic rings. The topological polar surface area (TPSA) is 50.3 Å². The van der Waals surface area contributed by atoms with Gasteiger partial charge >= 0.3 is 0 Å². The quantitative estimate of drug-likeness (QED) is 0.795. The summed E-state index contributed by atoms with van der Waals surface area (Å²) in [5.74, 6) is 2.53. The standard InChI is InChI=1S/C16H24N4OS/c1-12-18-15(14-5-9-22-16(14)19-12)17-10-13-4-7-20(11-13)6-3-8-21-2/h5,9,13H,3-4,6-8,10-11H2,1-2H3,(H,17,18,19)/t13-/m0/s1. The predicted octanol–water partition coefficient (Wildman–Crippen LogP) is 2.77. The maximum atomic E-state index is 5.13. The van der Waals surface area contributed by atoms with Crippen LogP contribution in [0.3, 0.4) is 0 Å². The van der Waals surface area contributed by atoms with E-state index < -0.39 is 0 Å². The molecule has 0 bridgehead atoms. The van der Waals surface area contributed by atoms with Crippen LogP contribution in [0, 0.1) is 12.8 Å². The molecule has 120 valence electrons. The minimum Gasteiger partial charge on any atom is -0.385 e. The van der Waals surface area contributed by atoms with E-state index in [-0.39, 0.29) is 0 Å². The lowest BCUT2D eigenvalue weighted by molar-refractivity contribution is 0.178. The molecule has 0 amide bonds. The third-order valence-electron chi connectivity index (χ3n) is 4.19. The van der Waals surface area contributed by atoms with Crippen molar-refractivity contribution in [1.82, 2.24) is 14.9 Å². The number of ether oxygens (including phenoxy) is 1. The van der Waals surface area contributed by atoms with Crippen LogP contribution in [0.25, 0.3) is 10.2 Å². The number of methoxy groups -OCH3 is 1. The van der Waals surface area contributed by atoms with Crippen LogP contribution in [0.15, 0.2) is 11.4 Å². The fourth-order valence-electron chi connectivity index (χ4n) is 3.05. The van der Waals surface area contributed by atoms with E-state index in [4.69, 9.17) is 4.74 Å². The molecule has 3 rings (SSSR count). The molecule has 0 saturated carbocycles. The van der Waals surface area contributed by atoms with Gasteiger partial charge in [0.25, 0.3) is 0 Å². The second-order valence-electron chi connectivity index (χ2n) is 5.94. The highest BCUT2D eigenvalue weighted by Crippen LogP contribution is 2.25. The Kier molecular flexibility index (Phi) is 5.23. The molecule has 22 heavy (non-hydrogen) atoms. The summed E-state index contributed by atoms with van der Waals surface area (Å²) in [4.78, 5) is 12.7. The van der Waals surface area contributed by atoms with Crippen LogP contribution in [0.2, 0.25) is 0 Å². The second kappa shape index (κ2) is 7.35. The van der Waals surface area contributed by atoms with E-state index >= 15 is 0 Å². The van der Waals surface area contributed by atoms with Gasteiger partial charge in [-0.25, -0.2) is 9.97 Å². The zero-order valence-electron chi connectivity index (χ0n) is 13.3. The number of hydrogen-bond acceptors (Lipinski definition) is 6.